The Morgan fingerprint density at radius 2 is 1.21 bits per heavy atom. The third kappa shape index (κ3) is 20.5. The number of hydrogen-bond acceptors (Lipinski definition) is 0. The van der Waals surface area contributed by atoms with Gasteiger partial charge < -0.3 is 24.8 Å². The van der Waals surface area contributed by atoms with E-state index in [4.69, 9.17) is 0 Å². The van der Waals surface area contributed by atoms with E-state index < -0.39 is 0 Å². The zero-order chi connectivity index (χ0) is 16.6. The molecule has 2 aliphatic rings. The van der Waals surface area contributed by atoms with Gasteiger partial charge in [0, 0.05) is 0 Å². The molecule has 0 spiro atoms. The molecule has 0 nitrogen and oxygen atoms in total. The van der Waals surface area contributed by atoms with Gasteiger partial charge in [-0.25, -0.2) is 23.3 Å². The molecule has 136 valence electrons. The first kappa shape index (κ1) is 29.2. The Hall–Kier alpha value is 0.471. The number of hydrogen-bond donors (Lipinski definition) is 0. The molecule has 0 bridgehead atoms. The van der Waals surface area contributed by atoms with Crippen LogP contribution in [0, 0.1) is 12.2 Å². The monoisotopic (exact) mass is 418 g/mol. The minimum absolute atomic E-state index is 0. The van der Waals surface area contributed by atoms with Crippen molar-refractivity contribution in [3.05, 3.63) is 47.6 Å². The van der Waals surface area contributed by atoms with Crippen LogP contribution in [0.4, 0.5) is 0 Å². The molecule has 4 heteroatoms. The molecule has 0 radical (unpaired) electrons. The molecular weight excluding hydrogens is 387 g/mol. The van der Waals surface area contributed by atoms with Crippen LogP contribution in [0.2, 0.25) is 13.1 Å². The van der Waals surface area contributed by atoms with E-state index in [9.17, 15) is 0 Å². The van der Waals surface area contributed by atoms with Gasteiger partial charge in [0.25, 0.3) is 0 Å². The first-order valence-corrected chi connectivity index (χ1v) is 13.5. The summed E-state index contributed by atoms with van der Waals surface area (Å²) in [4.78, 5) is 0. The van der Waals surface area contributed by atoms with Crippen molar-refractivity contribution in [1.29, 1.82) is 0 Å². The van der Waals surface area contributed by atoms with E-state index in [-0.39, 0.29) is 31.0 Å². The molecule has 0 aromatic rings. The van der Waals surface area contributed by atoms with Crippen LogP contribution >= 0.6 is 0 Å². The minimum atomic E-state index is 0. The summed E-state index contributed by atoms with van der Waals surface area (Å²) in [7, 11) is 0. The van der Waals surface area contributed by atoms with Crippen LogP contribution in [-0.2, 0) is 19.2 Å². The van der Waals surface area contributed by atoms with Gasteiger partial charge in [-0.3, -0.25) is 12.2 Å². The van der Waals surface area contributed by atoms with E-state index >= 15 is 0 Å². The Labute approximate surface area is 175 Å². The van der Waals surface area contributed by atoms with Gasteiger partial charge in [0.2, 0.25) is 0 Å². The first-order valence-electron chi connectivity index (χ1n) is 8.63. The second kappa shape index (κ2) is 21.5. The fourth-order valence-electron chi connectivity index (χ4n) is 1.99. The molecule has 2 rings (SSSR count). The van der Waals surface area contributed by atoms with Crippen molar-refractivity contribution in [2.45, 2.75) is 78.3 Å². The van der Waals surface area contributed by atoms with Gasteiger partial charge in [-0.15, -0.1) is 12.8 Å². The first-order chi connectivity index (χ1) is 10.6. The predicted molar refractivity (Wildman–Crippen MR) is 97.6 cm³/mol. The number of halogens is 2. The molecule has 0 aromatic heterocycles. The van der Waals surface area contributed by atoms with Crippen LogP contribution in [0.3, 0.4) is 0 Å². The Kier molecular flexibility index (Phi) is 26.2. The van der Waals surface area contributed by atoms with Crippen LogP contribution in [0.1, 0.15) is 65.2 Å². The second-order valence-corrected chi connectivity index (χ2v) is 12.6. The van der Waals surface area contributed by atoms with Gasteiger partial charge in [-0.05, 0) is 0 Å². The number of allylic oxidation sites excluding steroid dienone is 8. The molecule has 0 amide bonds. The van der Waals surface area contributed by atoms with Crippen molar-refractivity contribution < 1.29 is 44.0 Å². The van der Waals surface area contributed by atoms with Crippen molar-refractivity contribution in [2.24, 2.45) is 0 Å². The van der Waals surface area contributed by atoms with E-state index in [0.29, 0.717) is 0 Å². The summed E-state index contributed by atoms with van der Waals surface area (Å²) in [5, 5.41) is 0. The summed E-state index contributed by atoms with van der Waals surface area (Å²) in [6.45, 7) is 8.99. The minimum Gasteiger partial charge on any atom is -1.00 e. The van der Waals surface area contributed by atoms with Gasteiger partial charge in [-0.1, -0.05) is 52.4 Å². The Morgan fingerprint density at radius 1 is 0.875 bits per heavy atom. The number of rotatable bonds is 6. The van der Waals surface area contributed by atoms with Crippen molar-refractivity contribution in [2.75, 3.05) is 0 Å². The third-order valence-corrected chi connectivity index (χ3v) is 3.18. The van der Waals surface area contributed by atoms with Gasteiger partial charge in [0.15, 0.2) is 0 Å². The van der Waals surface area contributed by atoms with Crippen LogP contribution in [0.15, 0.2) is 35.5 Å². The molecule has 2 aliphatic carbocycles. The van der Waals surface area contributed by atoms with E-state index in [2.05, 4.69) is 82.6 Å². The zero-order valence-electron chi connectivity index (χ0n) is 15.7. The van der Waals surface area contributed by atoms with Gasteiger partial charge >= 0.3 is 38.5 Å². The SMILES string of the molecule is CCCCC1=CC[C-]=C1.CCCCC1=CC[C-]=C1.C[Si](C)=[Ti+2].[Cl-].[Cl-]. The summed E-state index contributed by atoms with van der Waals surface area (Å²) in [6, 6.07) is 0. The van der Waals surface area contributed by atoms with Crippen molar-refractivity contribution in [3.63, 3.8) is 0 Å². The standard InChI is InChI=1S/2C9H13.C2H6Si.2ClH.Ti/c2*1-2-3-6-9-7-4-5-8-9;1-3-2;;;/h2*7-8H,2-4,6H2,1H3;1-2H3;2*1H;/q2*-1;;;;+2/p-2. The number of unbranched alkanes of at least 4 members (excludes halogenated alkanes) is 2. The van der Waals surface area contributed by atoms with Gasteiger partial charge in [0.1, 0.15) is 0 Å². The van der Waals surface area contributed by atoms with Gasteiger partial charge in [-0.2, -0.15) is 12.2 Å². The van der Waals surface area contributed by atoms with Crippen molar-refractivity contribution >= 4 is 6.19 Å². The van der Waals surface area contributed by atoms with E-state index in [1.54, 1.807) is 0 Å². The van der Waals surface area contributed by atoms with E-state index in [1.165, 1.54) is 49.7 Å². The van der Waals surface area contributed by atoms with Crippen molar-refractivity contribution in [1.82, 2.24) is 0 Å². The summed E-state index contributed by atoms with van der Waals surface area (Å²) < 4.78 is 0. The molecule has 0 saturated carbocycles. The van der Waals surface area contributed by atoms with Gasteiger partial charge in [0.05, 0.1) is 0 Å². The molecule has 0 fully saturated rings. The largest absolute Gasteiger partial charge is 1.00 e. The quantitative estimate of drug-likeness (QED) is 0.435. The maximum atomic E-state index is 3.16. The normalized spacial score (nSPS) is 13.4. The smallest absolute Gasteiger partial charge is 1.00 e. The van der Waals surface area contributed by atoms with Crippen LogP contribution in [0.25, 0.3) is 0 Å². The maximum absolute atomic E-state index is 3.16. The van der Waals surface area contributed by atoms with Crippen LogP contribution in [-0.4, -0.2) is 6.19 Å². The topological polar surface area (TPSA) is 0 Å². The molecule has 0 aromatic carbocycles. The predicted octanol–water partition coefficient (Wildman–Crippen LogP) is 0.524. The van der Waals surface area contributed by atoms with E-state index in [1.807, 2.05) is 0 Å². The van der Waals surface area contributed by atoms with Crippen LogP contribution < -0.4 is 24.8 Å². The zero-order valence-corrected chi connectivity index (χ0v) is 19.8. The molecule has 0 N–H and O–H groups in total. The summed E-state index contributed by atoms with van der Waals surface area (Å²) in [6.07, 6.45) is 25.0. The molecular formula is C20H32Cl2SiTi-2. The fourth-order valence-corrected chi connectivity index (χ4v) is 1.99. The molecule has 0 unspecified atom stereocenters. The Balaban J connectivity index is -0.000000283. The average molecular weight is 419 g/mol. The van der Waals surface area contributed by atoms with E-state index in [0.717, 1.165) is 12.8 Å². The fraction of sp³-hybridized carbons (Fsp3) is 0.600. The molecule has 0 saturated heterocycles. The Bertz CT molecular complexity index is 385. The summed E-state index contributed by atoms with van der Waals surface area (Å²) in [5.74, 6) is 0. The summed E-state index contributed by atoms with van der Waals surface area (Å²) >= 11 is 2.27. The summed E-state index contributed by atoms with van der Waals surface area (Å²) in [5.41, 5.74) is 2.97. The molecule has 0 heterocycles. The maximum Gasteiger partial charge on any atom is -1.00 e. The second-order valence-electron chi connectivity index (χ2n) is 5.87. The third-order valence-electron chi connectivity index (χ3n) is 3.18. The Morgan fingerprint density at radius 3 is 1.42 bits per heavy atom. The van der Waals surface area contributed by atoms with Crippen molar-refractivity contribution in [3.8, 4) is 0 Å². The molecule has 0 atom stereocenters. The molecule has 0 aliphatic heterocycles. The molecule has 24 heavy (non-hydrogen) atoms. The van der Waals surface area contributed by atoms with Crippen LogP contribution in [0.5, 0.6) is 0 Å². The average Bonchev–Trinajstić information content (AvgIpc) is 3.16.